The molecular formula is C16H22BrN3. The lowest BCUT2D eigenvalue weighted by atomic mass is 9.96. The molecule has 0 N–H and O–H groups in total. The quantitative estimate of drug-likeness (QED) is 0.748. The van der Waals surface area contributed by atoms with Crippen LogP contribution in [0.15, 0.2) is 30.6 Å². The highest BCUT2D eigenvalue weighted by Crippen LogP contribution is 2.18. The first kappa shape index (κ1) is 15.2. The first-order valence-electron chi connectivity index (χ1n) is 7.10. The van der Waals surface area contributed by atoms with Crippen LogP contribution >= 0.6 is 15.9 Å². The Morgan fingerprint density at radius 2 is 2.05 bits per heavy atom. The fraction of sp³-hybridized carbons (Fsp3) is 0.500. The van der Waals surface area contributed by atoms with Crippen LogP contribution in [0.4, 0.5) is 0 Å². The Morgan fingerprint density at radius 1 is 1.25 bits per heavy atom. The molecule has 0 fully saturated rings. The van der Waals surface area contributed by atoms with E-state index in [1.165, 1.54) is 11.1 Å². The van der Waals surface area contributed by atoms with Gasteiger partial charge < -0.3 is 0 Å². The molecule has 0 bridgehead atoms. The topological polar surface area (TPSA) is 30.7 Å². The molecule has 0 aliphatic carbocycles. The first-order valence-corrected chi connectivity index (χ1v) is 8.22. The van der Waals surface area contributed by atoms with Crippen LogP contribution < -0.4 is 0 Å². The minimum absolute atomic E-state index is 0.363. The summed E-state index contributed by atoms with van der Waals surface area (Å²) < 4.78 is 2.02. The molecule has 0 aliphatic heterocycles. The van der Waals surface area contributed by atoms with Crippen LogP contribution in [-0.4, -0.2) is 20.1 Å². The summed E-state index contributed by atoms with van der Waals surface area (Å²) in [5.41, 5.74) is 2.71. The Bertz CT molecular complexity index is 548. The fourth-order valence-electron chi connectivity index (χ4n) is 2.46. The number of aromatic nitrogens is 3. The lowest BCUT2D eigenvalue weighted by Gasteiger charge is -2.16. The Kier molecular flexibility index (Phi) is 5.35. The normalized spacial score (nSPS) is 12.8. The van der Waals surface area contributed by atoms with Crippen molar-refractivity contribution in [1.82, 2.24) is 14.8 Å². The Hall–Kier alpha value is -1.16. The van der Waals surface area contributed by atoms with Gasteiger partial charge in [-0.25, -0.2) is 9.67 Å². The van der Waals surface area contributed by atoms with Crippen LogP contribution in [0.25, 0.3) is 0 Å². The van der Waals surface area contributed by atoms with E-state index in [0.29, 0.717) is 12.0 Å². The molecule has 0 radical (unpaired) electrons. The van der Waals surface area contributed by atoms with Crippen LogP contribution in [0.2, 0.25) is 0 Å². The van der Waals surface area contributed by atoms with Crippen LogP contribution in [0, 0.1) is 12.8 Å². The van der Waals surface area contributed by atoms with Gasteiger partial charge in [0.1, 0.15) is 12.2 Å². The van der Waals surface area contributed by atoms with Crippen LogP contribution in [0.3, 0.4) is 0 Å². The Balaban J connectivity index is 2.07. The summed E-state index contributed by atoms with van der Waals surface area (Å²) in [5, 5.41) is 5.29. The summed E-state index contributed by atoms with van der Waals surface area (Å²) in [4.78, 5) is 4.42. The summed E-state index contributed by atoms with van der Waals surface area (Å²) in [6.07, 6.45) is 3.68. The number of aryl methyl sites for hydroxylation is 1. The average molecular weight is 336 g/mol. The predicted octanol–water partition coefficient (Wildman–Crippen LogP) is 3.96. The summed E-state index contributed by atoms with van der Waals surface area (Å²) in [6, 6.07) is 9.11. The Morgan fingerprint density at radius 3 is 2.70 bits per heavy atom. The molecule has 0 amide bonds. The highest BCUT2D eigenvalue weighted by Gasteiger charge is 2.15. The predicted molar refractivity (Wildman–Crippen MR) is 86.3 cm³/mol. The van der Waals surface area contributed by atoms with Crippen molar-refractivity contribution in [3.05, 3.63) is 47.5 Å². The van der Waals surface area contributed by atoms with Crippen molar-refractivity contribution < 1.29 is 0 Å². The van der Waals surface area contributed by atoms with Crippen molar-refractivity contribution in [3.63, 3.8) is 0 Å². The van der Waals surface area contributed by atoms with E-state index in [1.54, 1.807) is 6.33 Å². The second kappa shape index (κ2) is 7.02. The molecule has 0 saturated carbocycles. The molecule has 3 nitrogen and oxygen atoms in total. The second-order valence-corrected chi connectivity index (χ2v) is 6.28. The zero-order valence-electron chi connectivity index (χ0n) is 12.4. The number of benzene rings is 1. The van der Waals surface area contributed by atoms with Crippen molar-refractivity contribution in [2.75, 3.05) is 5.33 Å². The number of alkyl halides is 1. The summed E-state index contributed by atoms with van der Waals surface area (Å²) in [7, 11) is 0. The maximum Gasteiger partial charge on any atom is 0.138 e. The van der Waals surface area contributed by atoms with Gasteiger partial charge in [-0.3, -0.25) is 0 Å². The van der Waals surface area contributed by atoms with Gasteiger partial charge in [0.15, 0.2) is 0 Å². The third-order valence-electron chi connectivity index (χ3n) is 3.43. The Labute approximate surface area is 129 Å². The molecule has 0 spiro atoms. The van der Waals surface area contributed by atoms with Gasteiger partial charge >= 0.3 is 0 Å². The van der Waals surface area contributed by atoms with E-state index in [1.807, 2.05) is 4.68 Å². The maximum absolute atomic E-state index is 4.42. The first-order chi connectivity index (χ1) is 9.60. The van der Waals surface area contributed by atoms with E-state index >= 15 is 0 Å². The van der Waals surface area contributed by atoms with Gasteiger partial charge in [0.2, 0.25) is 0 Å². The molecule has 1 aromatic carbocycles. The molecule has 108 valence electrons. The summed E-state index contributed by atoms with van der Waals surface area (Å²) >= 11 is 3.64. The van der Waals surface area contributed by atoms with E-state index in [0.717, 1.165) is 24.0 Å². The highest BCUT2D eigenvalue weighted by molar-refractivity contribution is 9.09. The molecule has 1 aromatic heterocycles. The number of hydrogen-bond donors (Lipinski definition) is 0. The van der Waals surface area contributed by atoms with Gasteiger partial charge in [-0.15, -0.1) is 0 Å². The van der Waals surface area contributed by atoms with Gasteiger partial charge in [-0.05, 0) is 38.7 Å². The molecule has 2 rings (SSSR count). The van der Waals surface area contributed by atoms with E-state index < -0.39 is 0 Å². The average Bonchev–Trinajstić information content (AvgIpc) is 2.86. The maximum atomic E-state index is 4.42. The van der Waals surface area contributed by atoms with Gasteiger partial charge in [-0.1, -0.05) is 45.8 Å². The van der Waals surface area contributed by atoms with Gasteiger partial charge in [0.25, 0.3) is 0 Å². The molecule has 0 saturated heterocycles. The van der Waals surface area contributed by atoms with E-state index in [9.17, 15) is 0 Å². The molecule has 20 heavy (non-hydrogen) atoms. The monoisotopic (exact) mass is 335 g/mol. The molecule has 4 heteroatoms. The summed E-state index contributed by atoms with van der Waals surface area (Å²) in [5.74, 6) is 1.62. The van der Waals surface area contributed by atoms with E-state index in [-0.39, 0.29) is 0 Å². The lowest BCUT2D eigenvalue weighted by Crippen LogP contribution is -2.16. The third-order valence-corrected chi connectivity index (χ3v) is 4.35. The SMILES string of the molecule is Cc1cccc(CC(CBr)Cc2ncnn2C(C)C)c1. The van der Waals surface area contributed by atoms with Crippen molar-refractivity contribution in [3.8, 4) is 0 Å². The largest absolute Gasteiger partial charge is 0.248 e. The van der Waals surface area contributed by atoms with E-state index in [2.05, 4.69) is 71.0 Å². The fourth-order valence-corrected chi connectivity index (χ4v) is 2.92. The van der Waals surface area contributed by atoms with Gasteiger partial charge in [0, 0.05) is 17.8 Å². The smallest absolute Gasteiger partial charge is 0.138 e. The third kappa shape index (κ3) is 3.92. The number of nitrogens with zero attached hydrogens (tertiary/aromatic N) is 3. The molecule has 1 unspecified atom stereocenters. The van der Waals surface area contributed by atoms with Gasteiger partial charge in [0.05, 0.1) is 0 Å². The molecular weight excluding hydrogens is 314 g/mol. The van der Waals surface area contributed by atoms with Crippen molar-refractivity contribution in [2.24, 2.45) is 5.92 Å². The van der Waals surface area contributed by atoms with Crippen LogP contribution in [0.5, 0.6) is 0 Å². The minimum Gasteiger partial charge on any atom is -0.248 e. The van der Waals surface area contributed by atoms with E-state index in [4.69, 9.17) is 0 Å². The highest BCUT2D eigenvalue weighted by atomic mass is 79.9. The van der Waals surface area contributed by atoms with Crippen LogP contribution in [0.1, 0.15) is 36.8 Å². The lowest BCUT2D eigenvalue weighted by molar-refractivity contribution is 0.473. The standard InChI is InChI=1S/C16H22BrN3/c1-12(2)20-16(18-11-19-20)9-15(10-17)8-14-6-4-5-13(3)7-14/h4-7,11-12,15H,8-10H2,1-3H3. The molecule has 1 atom stereocenters. The number of hydrogen-bond acceptors (Lipinski definition) is 2. The number of rotatable bonds is 6. The second-order valence-electron chi connectivity index (χ2n) is 5.63. The zero-order valence-corrected chi connectivity index (χ0v) is 14.0. The zero-order chi connectivity index (χ0) is 14.5. The molecule has 2 aromatic rings. The minimum atomic E-state index is 0.363. The van der Waals surface area contributed by atoms with Gasteiger partial charge in [-0.2, -0.15) is 5.10 Å². The number of halogens is 1. The summed E-state index contributed by atoms with van der Waals surface area (Å²) in [6.45, 7) is 6.42. The van der Waals surface area contributed by atoms with Crippen molar-refractivity contribution in [2.45, 2.75) is 39.7 Å². The van der Waals surface area contributed by atoms with Crippen molar-refractivity contribution >= 4 is 15.9 Å². The van der Waals surface area contributed by atoms with Crippen LogP contribution in [-0.2, 0) is 12.8 Å². The molecule has 1 heterocycles. The van der Waals surface area contributed by atoms with Crippen molar-refractivity contribution in [1.29, 1.82) is 0 Å². The molecule has 0 aliphatic rings.